The Balaban J connectivity index is 2.12. The third kappa shape index (κ3) is 3.37. The lowest BCUT2D eigenvalue weighted by Gasteiger charge is -2.33. The molecule has 0 saturated carbocycles. The number of hydrogen-bond acceptors (Lipinski definition) is 6. The Morgan fingerprint density at radius 2 is 2.10 bits per heavy atom. The number of ether oxygens (including phenoxy) is 2. The van der Waals surface area contributed by atoms with Crippen LogP contribution in [0.25, 0.3) is 0 Å². The van der Waals surface area contributed by atoms with Crippen LogP contribution in [0.15, 0.2) is 4.52 Å². The lowest BCUT2D eigenvalue weighted by Crippen LogP contribution is -2.37. The zero-order chi connectivity index (χ0) is 14.4. The molecule has 2 heterocycles. The summed E-state index contributed by atoms with van der Waals surface area (Å²) >= 11 is 0. The predicted octanol–water partition coefficient (Wildman–Crippen LogP) is 1.64. The smallest absolute Gasteiger partial charge is 0.227 e. The highest BCUT2D eigenvalue weighted by Crippen LogP contribution is 2.34. The van der Waals surface area contributed by atoms with E-state index in [-0.39, 0.29) is 0 Å². The summed E-state index contributed by atoms with van der Waals surface area (Å²) in [5, 5.41) is 4.14. The minimum atomic E-state index is -0.445. The van der Waals surface area contributed by atoms with Gasteiger partial charge in [0, 0.05) is 39.1 Å². The fraction of sp³-hybridized carbons (Fsp3) is 0.857. The third-order valence-electron chi connectivity index (χ3n) is 3.97. The van der Waals surface area contributed by atoms with Crippen LogP contribution >= 0.6 is 0 Å². The molecule has 0 spiro atoms. The fourth-order valence-electron chi connectivity index (χ4n) is 2.57. The van der Waals surface area contributed by atoms with Crippen molar-refractivity contribution >= 4 is 0 Å². The zero-order valence-electron chi connectivity index (χ0n) is 12.4. The quantitative estimate of drug-likeness (QED) is 0.819. The monoisotopic (exact) mass is 283 g/mol. The Labute approximate surface area is 120 Å². The van der Waals surface area contributed by atoms with Crippen LogP contribution in [0.2, 0.25) is 0 Å². The number of aromatic nitrogens is 2. The first-order valence-electron chi connectivity index (χ1n) is 7.49. The molecule has 1 aromatic rings. The van der Waals surface area contributed by atoms with Crippen molar-refractivity contribution in [1.29, 1.82) is 0 Å². The lowest BCUT2D eigenvalue weighted by molar-refractivity contribution is -0.118. The van der Waals surface area contributed by atoms with Gasteiger partial charge >= 0.3 is 0 Å². The van der Waals surface area contributed by atoms with Crippen LogP contribution in [0.5, 0.6) is 0 Å². The maximum atomic E-state index is 5.94. The summed E-state index contributed by atoms with van der Waals surface area (Å²) in [5.74, 6) is 1.70. The first-order valence-corrected chi connectivity index (χ1v) is 7.49. The number of nitrogens with zero attached hydrogens (tertiary/aromatic N) is 2. The Kier molecular flexibility index (Phi) is 5.51. The van der Waals surface area contributed by atoms with Gasteiger partial charge in [-0.25, -0.2) is 0 Å². The molecular weight excluding hydrogens is 258 g/mol. The van der Waals surface area contributed by atoms with E-state index in [1.807, 2.05) is 6.92 Å². The van der Waals surface area contributed by atoms with Crippen LogP contribution in [0, 0.1) is 5.92 Å². The molecule has 1 atom stereocenters. The molecule has 1 aliphatic heterocycles. The molecule has 1 unspecified atom stereocenters. The van der Waals surface area contributed by atoms with Crippen molar-refractivity contribution in [3.8, 4) is 0 Å². The summed E-state index contributed by atoms with van der Waals surface area (Å²) in [5.41, 5.74) is 5.28. The topological polar surface area (TPSA) is 83.4 Å². The average Bonchev–Trinajstić information content (AvgIpc) is 2.95. The van der Waals surface area contributed by atoms with E-state index in [2.05, 4.69) is 17.1 Å². The highest BCUT2D eigenvalue weighted by atomic mass is 16.5. The summed E-state index contributed by atoms with van der Waals surface area (Å²) < 4.78 is 16.7. The van der Waals surface area contributed by atoms with E-state index in [1.54, 1.807) is 0 Å². The largest absolute Gasteiger partial charge is 0.381 e. The van der Waals surface area contributed by atoms with Crippen molar-refractivity contribution in [2.24, 2.45) is 11.7 Å². The molecule has 20 heavy (non-hydrogen) atoms. The highest BCUT2D eigenvalue weighted by molar-refractivity contribution is 5.03. The molecule has 1 saturated heterocycles. The number of nitrogens with two attached hydrogens (primary N) is 1. The van der Waals surface area contributed by atoms with Gasteiger partial charge in [-0.3, -0.25) is 0 Å². The summed E-state index contributed by atoms with van der Waals surface area (Å²) in [6.07, 6.45) is 3.29. The standard InChI is InChI=1S/C14H25N3O3/c1-3-11(10-15)9-12-16-13(17-20-12)14(19-4-2)5-7-18-8-6-14/h11H,3-10,15H2,1-2H3. The molecule has 0 aromatic carbocycles. The van der Waals surface area contributed by atoms with Gasteiger partial charge in [-0.1, -0.05) is 18.5 Å². The zero-order valence-corrected chi connectivity index (χ0v) is 12.4. The van der Waals surface area contributed by atoms with Crippen molar-refractivity contribution in [1.82, 2.24) is 10.1 Å². The minimum absolute atomic E-state index is 0.390. The fourth-order valence-corrected chi connectivity index (χ4v) is 2.57. The Morgan fingerprint density at radius 3 is 2.70 bits per heavy atom. The summed E-state index contributed by atoms with van der Waals surface area (Å²) in [4.78, 5) is 4.55. The van der Waals surface area contributed by atoms with Crippen LogP contribution in [0.1, 0.15) is 44.8 Å². The Morgan fingerprint density at radius 1 is 1.35 bits per heavy atom. The molecule has 1 aliphatic rings. The molecule has 1 fully saturated rings. The first kappa shape index (κ1) is 15.4. The van der Waals surface area contributed by atoms with Gasteiger partial charge in [-0.2, -0.15) is 4.98 Å². The van der Waals surface area contributed by atoms with Crippen molar-refractivity contribution in [2.75, 3.05) is 26.4 Å². The normalized spacial score (nSPS) is 19.9. The molecule has 2 N–H and O–H groups in total. The molecule has 2 rings (SSSR count). The summed E-state index contributed by atoms with van der Waals surface area (Å²) in [6.45, 7) is 6.71. The number of rotatable bonds is 7. The minimum Gasteiger partial charge on any atom is -0.381 e. The Bertz CT molecular complexity index is 393. The van der Waals surface area contributed by atoms with Gasteiger partial charge < -0.3 is 19.7 Å². The van der Waals surface area contributed by atoms with E-state index in [0.717, 1.165) is 25.7 Å². The molecule has 6 nitrogen and oxygen atoms in total. The van der Waals surface area contributed by atoms with Crippen molar-refractivity contribution in [2.45, 2.75) is 45.1 Å². The van der Waals surface area contributed by atoms with Gasteiger partial charge in [0.1, 0.15) is 5.60 Å². The van der Waals surface area contributed by atoms with Gasteiger partial charge in [0.15, 0.2) is 0 Å². The van der Waals surface area contributed by atoms with Crippen LogP contribution < -0.4 is 5.73 Å². The van der Waals surface area contributed by atoms with Gasteiger partial charge in [0.05, 0.1) is 0 Å². The Hall–Kier alpha value is -0.980. The highest BCUT2D eigenvalue weighted by Gasteiger charge is 2.39. The van der Waals surface area contributed by atoms with Gasteiger partial charge in [0.2, 0.25) is 11.7 Å². The predicted molar refractivity (Wildman–Crippen MR) is 74.2 cm³/mol. The van der Waals surface area contributed by atoms with Crippen molar-refractivity contribution < 1.29 is 14.0 Å². The molecule has 0 aliphatic carbocycles. The van der Waals surface area contributed by atoms with E-state index in [4.69, 9.17) is 19.7 Å². The molecule has 1 aromatic heterocycles. The molecular formula is C14H25N3O3. The summed E-state index contributed by atoms with van der Waals surface area (Å²) in [7, 11) is 0. The second kappa shape index (κ2) is 7.15. The van der Waals surface area contributed by atoms with Crippen LogP contribution in [0.3, 0.4) is 0 Å². The lowest BCUT2D eigenvalue weighted by atomic mass is 9.93. The van der Waals surface area contributed by atoms with Crippen LogP contribution in [-0.4, -0.2) is 36.5 Å². The molecule has 114 valence electrons. The van der Waals surface area contributed by atoms with E-state index >= 15 is 0 Å². The molecule has 0 bridgehead atoms. The van der Waals surface area contributed by atoms with Crippen LogP contribution in [-0.2, 0) is 21.5 Å². The van der Waals surface area contributed by atoms with Gasteiger partial charge in [-0.05, 0) is 19.4 Å². The van der Waals surface area contributed by atoms with E-state index in [0.29, 0.717) is 44.0 Å². The maximum Gasteiger partial charge on any atom is 0.227 e. The number of hydrogen-bond donors (Lipinski definition) is 1. The van der Waals surface area contributed by atoms with Gasteiger partial charge in [0.25, 0.3) is 0 Å². The van der Waals surface area contributed by atoms with E-state index < -0.39 is 5.60 Å². The molecule has 0 amide bonds. The SMILES string of the molecule is CCOC1(c2noc(CC(CC)CN)n2)CCOCC1. The van der Waals surface area contributed by atoms with Crippen molar-refractivity contribution in [3.63, 3.8) is 0 Å². The third-order valence-corrected chi connectivity index (χ3v) is 3.97. The van der Waals surface area contributed by atoms with E-state index in [9.17, 15) is 0 Å². The van der Waals surface area contributed by atoms with Crippen LogP contribution in [0.4, 0.5) is 0 Å². The van der Waals surface area contributed by atoms with Gasteiger partial charge in [-0.15, -0.1) is 0 Å². The summed E-state index contributed by atoms with van der Waals surface area (Å²) in [6, 6.07) is 0. The maximum absolute atomic E-state index is 5.94. The van der Waals surface area contributed by atoms with E-state index in [1.165, 1.54) is 0 Å². The molecule has 6 heteroatoms. The second-order valence-corrected chi connectivity index (χ2v) is 5.27. The van der Waals surface area contributed by atoms with Crippen molar-refractivity contribution in [3.05, 3.63) is 11.7 Å². The first-order chi connectivity index (χ1) is 9.74. The second-order valence-electron chi connectivity index (χ2n) is 5.27. The molecule has 0 radical (unpaired) electrons. The average molecular weight is 283 g/mol.